The molecule has 2 rings (SSSR count). The molecule has 0 aliphatic rings. The molecule has 0 amide bonds. The Morgan fingerprint density at radius 2 is 1.67 bits per heavy atom. The van der Waals surface area contributed by atoms with Gasteiger partial charge in [0, 0.05) is 25.2 Å². The first-order valence-electron chi connectivity index (χ1n) is 7.34. The molecule has 0 radical (unpaired) electrons. The summed E-state index contributed by atoms with van der Waals surface area (Å²) in [6, 6.07) is 16.4. The number of hydrogen-bond donors (Lipinski definition) is 1. The predicted octanol–water partition coefficient (Wildman–Crippen LogP) is 2.96. The fraction of sp³-hybridized carbons (Fsp3) is 0.333. The number of benzene rings is 2. The third kappa shape index (κ3) is 4.59. The fourth-order valence-electron chi connectivity index (χ4n) is 2.28. The molecule has 0 aliphatic carbocycles. The van der Waals surface area contributed by atoms with E-state index in [1.165, 1.54) is 11.1 Å². The summed E-state index contributed by atoms with van der Waals surface area (Å²) in [6.45, 7) is 5.15. The maximum Gasteiger partial charge on any atom is 0.123 e. The van der Waals surface area contributed by atoms with Crippen molar-refractivity contribution < 1.29 is 4.74 Å². The number of nitrogens with two attached hydrogens (primary N) is 1. The van der Waals surface area contributed by atoms with E-state index in [4.69, 9.17) is 10.5 Å². The van der Waals surface area contributed by atoms with Crippen molar-refractivity contribution in [1.29, 1.82) is 0 Å². The summed E-state index contributed by atoms with van der Waals surface area (Å²) in [7, 11) is 2.12. The zero-order valence-electron chi connectivity index (χ0n) is 12.9. The summed E-state index contributed by atoms with van der Waals surface area (Å²) in [4.78, 5) is 2.27. The number of hydrogen-bond acceptors (Lipinski definition) is 3. The standard InChI is InChI=1S/C18H24N2O/c1-15-7-3-4-9-17(15)14-20(2)11-12-21-18-10-6-5-8-16(18)13-19/h3-10H,11-14,19H2,1-2H3. The van der Waals surface area contributed by atoms with Crippen molar-refractivity contribution in [2.75, 3.05) is 20.2 Å². The van der Waals surface area contributed by atoms with Crippen LogP contribution in [0, 0.1) is 6.92 Å². The van der Waals surface area contributed by atoms with Crippen molar-refractivity contribution in [3.8, 4) is 5.75 Å². The van der Waals surface area contributed by atoms with Gasteiger partial charge < -0.3 is 10.5 Å². The second kappa shape index (κ2) is 7.81. The van der Waals surface area contributed by atoms with Crippen molar-refractivity contribution in [2.45, 2.75) is 20.0 Å². The molecule has 0 atom stereocenters. The summed E-state index contributed by atoms with van der Waals surface area (Å²) in [6.07, 6.45) is 0. The van der Waals surface area contributed by atoms with Crippen LogP contribution in [-0.2, 0) is 13.1 Å². The number of nitrogens with zero attached hydrogens (tertiary/aromatic N) is 1. The van der Waals surface area contributed by atoms with Crippen LogP contribution in [0.2, 0.25) is 0 Å². The number of rotatable bonds is 7. The fourth-order valence-corrected chi connectivity index (χ4v) is 2.28. The molecule has 0 saturated heterocycles. The van der Waals surface area contributed by atoms with Crippen LogP contribution in [-0.4, -0.2) is 25.1 Å². The minimum atomic E-state index is 0.509. The Bertz CT molecular complexity index is 569. The lowest BCUT2D eigenvalue weighted by Crippen LogP contribution is -2.24. The predicted molar refractivity (Wildman–Crippen MR) is 87.3 cm³/mol. The smallest absolute Gasteiger partial charge is 0.123 e. The van der Waals surface area contributed by atoms with Gasteiger partial charge in [-0.15, -0.1) is 0 Å². The van der Waals surface area contributed by atoms with Gasteiger partial charge in [-0.1, -0.05) is 42.5 Å². The van der Waals surface area contributed by atoms with E-state index in [1.54, 1.807) is 0 Å². The van der Waals surface area contributed by atoms with E-state index in [0.717, 1.165) is 24.4 Å². The Kier molecular flexibility index (Phi) is 5.78. The molecule has 0 fully saturated rings. The van der Waals surface area contributed by atoms with Gasteiger partial charge in [0.05, 0.1) is 0 Å². The second-order valence-corrected chi connectivity index (χ2v) is 5.32. The lowest BCUT2D eigenvalue weighted by molar-refractivity contribution is 0.231. The first-order valence-corrected chi connectivity index (χ1v) is 7.34. The van der Waals surface area contributed by atoms with Gasteiger partial charge in [-0.05, 0) is 31.2 Å². The van der Waals surface area contributed by atoms with Crippen LogP contribution in [0.25, 0.3) is 0 Å². The van der Waals surface area contributed by atoms with Crippen molar-refractivity contribution in [2.24, 2.45) is 5.73 Å². The van der Waals surface area contributed by atoms with Crippen LogP contribution in [0.5, 0.6) is 5.75 Å². The van der Waals surface area contributed by atoms with Crippen molar-refractivity contribution in [3.05, 3.63) is 65.2 Å². The lowest BCUT2D eigenvalue weighted by atomic mass is 10.1. The average Bonchev–Trinajstić information content (AvgIpc) is 2.50. The van der Waals surface area contributed by atoms with Crippen molar-refractivity contribution >= 4 is 0 Å². The molecule has 2 aromatic carbocycles. The molecule has 0 aliphatic heterocycles. The van der Waals surface area contributed by atoms with Gasteiger partial charge in [0.2, 0.25) is 0 Å². The molecule has 0 bridgehead atoms. The van der Waals surface area contributed by atoms with E-state index >= 15 is 0 Å². The summed E-state index contributed by atoms with van der Waals surface area (Å²) in [5.74, 6) is 0.893. The van der Waals surface area contributed by atoms with Crippen molar-refractivity contribution in [1.82, 2.24) is 4.90 Å². The molecule has 0 aromatic heterocycles. The van der Waals surface area contributed by atoms with Gasteiger partial charge in [-0.3, -0.25) is 4.90 Å². The van der Waals surface area contributed by atoms with Crippen LogP contribution in [0.1, 0.15) is 16.7 Å². The molecule has 112 valence electrons. The van der Waals surface area contributed by atoms with Gasteiger partial charge in [0.1, 0.15) is 12.4 Å². The summed E-state index contributed by atoms with van der Waals surface area (Å²) in [5.41, 5.74) is 9.46. The highest BCUT2D eigenvalue weighted by atomic mass is 16.5. The van der Waals surface area contributed by atoms with Gasteiger partial charge in [-0.25, -0.2) is 0 Å². The Balaban J connectivity index is 1.82. The Morgan fingerprint density at radius 3 is 2.38 bits per heavy atom. The molecule has 2 aromatic rings. The molecule has 3 nitrogen and oxygen atoms in total. The van der Waals surface area contributed by atoms with Crippen molar-refractivity contribution in [3.63, 3.8) is 0 Å². The lowest BCUT2D eigenvalue weighted by Gasteiger charge is -2.19. The summed E-state index contributed by atoms with van der Waals surface area (Å²) < 4.78 is 5.84. The third-order valence-corrected chi connectivity index (χ3v) is 3.62. The second-order valence-electron chi connectivity index (χ2n) is 5.32. The van der Waals surface area contributed by atoms with Gasteiger partial charge in [0.25, 0.3) is 0 Å². The maximum atomic E-state index is 5.84. The molecule has 0 unspecified atom stereocenters. The van der Waals surface area contributed by atoms with Crippen LogP contribution < -0.4 is 10.5 Å². The van der Waals surface area contributed by atoms with E-state index in [9.17, 15) is 0 Å². The molecule has 0 saturated carbocycles. The number of ether oxygens (including phenoxy) is 1. The van der Waals surface area contributed by atoms with Crippen LogP contribution in [0.4, 0.5) is 0 Å². The van der Waals surface area contributed by atoms with E-state index in [2.05, 4.69) is 43.1 Å². The highest BCUT2D eigenvalue weighted by Gasteiger charge is 2.04. The Morgan fingerprint density at radius 1 is 1.00 bits per heavy atom. The van der Waals surface area contributed by atoms with Crippen LogP contribution >= 0.6 is 0 Å². The highest BCUT2D eigenvalue weighted by Crippen LogP contribution is 2.17. The summed E-state index contributed by atoms with van der Waals surface area (Å²) in [5, 5.41) is 0. The molecule has 21 heavy (non-hydrogen) atoms. The van der Waals surface area contributed by atoms with E-state index in [-0.39, 0.29) is 0 Å². The number of likely N-dealkylation sites (N-methyl/N-ethyl adjacent to an activating group) is 1. The molecular weight excluding hydrogens is 260 g/mol. The van der Waals surface area contributed by atoms with Gasteiger partial charge in [-0.2, -0.15) is 0 Å². The first-order chi connectivity index (χ1) is 10.2. The van der Waals surface area contributed by atoms with Gasteiger partial charge in [0.15, 0.2) is 0 Å². The first kappa shape index (κ1) is 15.5. The highest BCUT2D eigenvalue weighted by molar-refractivity contribution is 5.33. The minimum absolute atomic E-state index is 0.509. The molecular formula is C18H24N2O. The van der Waals surface area contributed by atoms with E-state index in [1.807, 2.05) is 24.3 Å². The van der Waals surface area contributed by atoms with Crippen LogP contribution in [0.3, 0.4) is 0 Å². The molecule has 0 spiro atoms. The monoisotopic (exact) mass is 284 g/mol. The zero-order valence-corrected chi connectivity index (χ0v) is 12.9. The Labute approximate surface area is 127 Å². The van der Waals surface area contributed by atoms with Crippen LogP contribution in [0.15, 0.2) is 48.5 Å². The maximum absolute atomic E-state index is 5.84. The summed E-state index contributed by atoms with van der Waals surface area (Å²) >= 11 is 0. The number of aryl methyl sites for hydroxylation is 1. The van der Waals surface area contributed by atoms with E-state index < -0.39 is 0 Å². The zero-order chi connectivity index (χ0) is 15.1. The molecule has 2 N–H and O–H groups in total. The van der Waals surface area contributed by atoms with Gasteiger partial charge >= 0.3 is 0 Å². The Hall–Kier alpha value is -1.84. The minimum Gasteiger partial charge on any atom is -0.492 e. The quantitative estimate of drug-likeness (QED) is 0.849. The average molecular weight is 284 g/mol. The SMILES string of the molecule is Cc1ccccc1CN(C)CCOc1ccccc1CN. The largest absolute Gasteiger partial charge is 0.492 e. The van der Waals surface area contributed by atoms with E-state index in [0.29, 0.717) is 13.2 Å². The normalized spacial score (nSPS) is 10.9. The third-order valence-electron chi connectivity index (χ3n) is 3.62. The molecule has 3 heteroatoms. The topological polar surface area (TPSA) is 38.5 Å². The molecule has 0 heterocycles. The number of para-hydroxylation sites is 1.